The summed E-state index contributed by atoms with van der Waals surface area (Å²) in [6.07, 6.45) is 7.19. The van der Waals surface area contributed by atoms with Crippen LogP contribution < -0.4 is 20.5 Å². The SMILES string of the molecule is COc1cc(-c2ncnc3c(C(=O)NC4CCC(N)CC4)c(C)[nH]c23)c(OCC2CC2)cc1F.Cl. The smallest absolute Gasteiger partial charge is 0.255 e. The Morgan fingerprint density at radius 3 is 2.60 bits per heavy atom. The average molecular weight is 504 g/mol. The van der Waals surface area contributed by atoms with E-state index in [1.165, 1.54) is 19.5 Å². The molecule has 0 aliphatic heterocycles. The number of H-pyrrole nitrogens is 1. The van der Waals surface area contributed by atoms with Crippen LogP contribution in [-0.2, 0) is 0 Å². The Labute approximate surface area is 209 Å². The standard InChI is InChI=1S/C25H30FN5O3.ClH/c1-13-21(25(32)31-16-7-5-15(27)6-8-16)23-24(30-13)22(28-12-29-23)17-9-20(33-2)18(26)10-19(17)34-11-14-3-4-14;/h9-10,12,14-16,30H,3-8,11,27H2,1-2H3,(H,31,32);1H. The van der Waals surface area contributed by atoms with Crippen molar-refractivity contribution < 1.29 is 18.7 Å². The van der Waals surface area contributed by atoms with E-state index in [0.717, 1.165) is 38.5 Å². The molecule has 2 heterocycles. The van der Waals surface area contributed by atoms with Crippen molar-refractivity contribution >= 4 is 29.3 Å². The van der Waals surface area contributed by atoms with Gasteiger partial charge in [-0.05, 0) is 57.4 Å². The van der Waals surface area contributed by atoms with Crippen LogP contribution in [0.2, 0.25) is 0 Å². The molecule has 0 atom stereocenters. The summed E-state index contributed by atoms with van der Waals surface area (Å²) in [5, 5.41) is 3.14. The van der Waals surface area contributed by atoms with E-state index in [0.29, 0.717) is 51.8 Å². The Balaban J connectivity index is 0.00000289. The Bertz CT molecular complexity index is 1220. The second-order valence-corrected chi connectivity index (χ2v) is 9.39. The third kappa shape index (κ3) is 5.21. The number of nitrogens with zero attached hydrogens (tertiary/aromatic N) is 2. The van der Waals surface area contributed by atoms with E-state index < -0.39 is 5.82 Å². The zero-order valence-electron chi connectivity index (χ0n) is 19.9. The zero-order valence-corrected chi connectivity index (χ0v) is 20.7. The summed E-state index contributed by atoms with van der Waals surface area (Å²) >= 11 is 0. The van der Waals surface area contributed by atoms with Crippen molar-refractivity contribution in [3.05, 3.63) is 35.5 Å². The quantitative estimate of drug-likeness (QED) is 0.443. The van der Waals surface area contributed by atoms with Crippen LogP contribution in [0.4, 0.5) is 4.39 Å². The number of nitrogens with two attached hydrogens (primary N) is 1. The average Bonchev–Trinajstić information content (AvgIpc) is 3.59. The fraction of sp³-hybridized carbons (Fsp3) is 0.480. The minimum absolute atomic E-state index is 0. The molecule has 2 aliphatic carbocycles. The van der Waals surface area contributed by atoms with Crippen LogP contribution in [-0.4, -0.2) is 46.7 Å². The van der Waals surface area contributed by atoms with Crippen LogP contribution in [0.15, 0.2) is 18.5 Å². The van der Waals surface area contributed by atoms with Gasteiger partial charge < -0.3 is 25.5 Å². The number of nitrogens with one attached hydrogen (secondary N) is 2. The highest BCUT2D eigenvalue weighted by molar-refractivity contribution is 6.09. The lowest BCUT2D eigenvalue weighted by molar-refractivity contribution is 0.0927. The molecule has 3 aromatic rings. The number of aryl methyl sites for hydroxylation is 1. The van der Waals surface area contributed by atoms with Gasteiger partial charge in [-0.1, -0.05) is 0 Å². The van der Waals surface area contributed by atoms with Crippen LogP contribution in [0.25, 0.3) is 22.3 Å². The summed E-state index contributed by atoms with van der Waals surface area (Å²) in [7, 11) is 1.42. The van der Waals surface area contributed by atoms with Crippen LogP contribution >= 0.6 is 12.4 Å². The Hall–Kier alpha value is -2.91. The highest BCUT2D eigenvalue weighted by Gasteiger charge is 2.27. The Kier molecular flexibility index (Phi) is 7.47. The van der Waals surface area contributed by atoms with Gasteiger partial charge in [0.05, 0.1) is 24.8 Å². The molecule has 2 saturated carbocycles. The van der Waals surface area contributed by atoms with Gasteiger partial charge in [0.25, 0.3) is 5.91 Å². The van der Waals surface area contributed by atoms with Gasteiger partial charge in [0.2, 0.25) is 0 Å². The minimum Gasteiger partial charge on any atom is -0.494 e. The number of aromatic nitrogens is 3. The van der Waals surface area contributed by atoms with E-state index in [9.17, 15) is 9.18 Å². The summed E-state index contributed by atoms with van der Waals surface area (Å²) in [4.78, 5) is 25.4. The van der Waals surface area contributed by atoms with Crippen LogP contribution in [0, 0.1) is 18.7 Å². The van der Waals surface area contributed by atoms with Crippen molar-refractivity contribution in [2.24, 2.45) is 11.7 Å². The number of carbonyl (C=O) groups excluding carboxylic acids is 1. The second-order valence-electron chi connectivity index (χ2n) is 9.39. The van der Waals surface area contributed by atoms with Gasteiger partial charge in [-0.3, -0.25) is 4.79 Å². The molecule has 1 amide bonds. The predicted molar refractivity (Wildman–Crippen MR) is 134 cm³/mol. The summed E-state index contributed by atoms with van der Waals surface area (Å²) in [5.74, 6) is 0.313. The van der Waals surface area contributed by atoms with Crippen molar-refractivity contribution in [3.63, 3.8) is 0 Å². The first-order chi connectivity index (χ1) is 16.4. The van der Waals surface area contributed by atoms with Gasteiger partial charge in [0.15, 0.2) is 11.6 Å². The summed E-state index contributed by atoms with van der Waals surface area (Å²) in [5.41, 5.74) is 9.41. The maximum Gasteiger partial charge on any atom is 0.255 e. The van der Waals surface area contributed by atoms with E-state index in [1.54, 1.807) is 6.07 Å². The van der Waals surface area contributed by atoms with Crippen molar-refractivity contribution in [2.75, 3.05) is 13.7 Å². The molecule has 10 heteroatoms. The molecule has 2 aliphatic rings. The molecule has 8 nitrogen and oxygen atoms in total. The van der Waals surface area contributed by atoms with Gasteiger partial charge in [0.1, 0.15) is 23.3 Å². The maximum atomic E-state index is 14.5. The Morgan fingerprint density at radius 2 is 1.91 bits per heavy atom. The molecule has 0 unspecified atom stereocenters. The lowest BCUT2D eigenvalue weighted by Crippen LogP contribution is -2.40. The number of methoxy groups -OCH3 is 1. The maximum absolute atomic E-state index is 14.5. The molecule has 0 spiro atoms. The third-order valence-electron chi connectivity index (χ3n) is 6.79. The largest absolute Gasteiger partial charge is 0.494 e. The van der Waals surface area contributed by atoms with E-state index in [4.69, 9.17) is 15.2 Å². The molecule has 188 valence electrons. The lowest BCUT2D eigenvalue weighted by atomic mass is 9.91. The molecule has 0 bridgehead atoms. The topological polar surface area (TPSA) is 115 Å². The molecule has 0 saturated heterocycles. The molecular weight excluding hydrogens is 473 g/mol. The van der Waals surface area contributed by atoms with Crippen LogP contribution in [0.3, 0.4) is 0 Å². The summed E-state index contributed by atoms with van der Waals surface area (Å²) in [6, 6.07) is 3.23. The monoisotopic (exact) mass is 503 g/mol. The molecule has 0 radical (unpaired) electrons. The number of hydrogen-bond donors (Lipinski definition) is 3. The normalized spacial score (nSPS) is 19.8. The molecule has 35 heavy (non-hydrogen) atoms. The number of hydrogen-bond acceptors (Lipinski definition) is 6. The van der Waals surface area contributed by atoms with Gasteiger partial charge >= 0.3 is 0 Å². The number of fused-ring (bicyclic) bond motifs is 1. The van der Waals surface area contributed by atoms with Gasteiger partial charge in [-0.2, -0.15) is 0 Å². The van der Waals surface area contributed by atoms with Crippen molar-refractivity contribution in [3.8, 4) is 22.8 Å². The lowest BCUT2D eigenvalue weighted by Gasteiger charge is -2.26. The van der Waals surface area contributed by atoms with Crippen LogP contribution in [0.5, 0.6) is 11.5 Å². The van der Waals surface area contributed by atoms with Crippen molar-refractivity contribution in [2.45, 2.75) is 57.5 Å². The second kappa shape index (κ2) is 10.4. The molecule has 2 fully saturated rings. The molecule has 5 rings (SSSR count). The van der Waals surface area contributed by atoms with E-state index in [2.05, 4.69) is 20.3 Å². The van der Waals surface area contributed by atoms with Gasteiger partial charge in [-0.15, -0.1) is 12.4 Å². The van der Waals surface area contributed by atoms with E-state index in [-0.39, 0.29) is 36.1 Å². The molecule has 4 N–H and O–H groups in total. The number of halogens is 2. The zero-order chi connectivity index (χ0) is 23.8. The Morgan fingerprint density at radius 1 is 1.17 bits per heavy atom. The summed E-state index contributed by atoms with van der Waals surface area (Å²) in [6.45, 7) is 2.36. The molecule has 2 aromatic heterocycles. The number of rotatable bonds is 7. The fourth-order valence-corrected chi connectivity index (χ4v) is 4.61. The summed E-state index contributed by atoms with van der Waals surface area (Å²) < 4.78 is 25.7. The highest BCUT2D eigenvalue weighted by atomic mass is 35.5. The first-order valence-corrected chi connectivity index (χ1v) is 11.8. The van der Waals surface area contributed by atoms with Gasteiger partial charge in [-0.25, -0.2) is 14.4 Å². The van der Waals surface area contributed by atoms with Gasteiger partial charge in [0, 0.05) is 29.4 Å². The van der Waals surface area contributed by atoms with E-state index in [1.807, 2.05) is 6.92 Å². The number of aromatic amines is 1. The third-order valence-corrected chi connectivity index (χ3v) is 6.79. The van der Waals surface area contributed by atoms with Crippen molar-refractivity contribution in [1.29, 1.82) is 0 Å². The van der Waals surface area contributed by atoms with E-state index >= 15 is 0 Å². The number of ether oxygens (including phenoxy) is 2. The van der Waals surface area contributed by atoms with Crippen LogP contribution in [0.1, 0.15) is 54.6 Å². The number of benzene rings is 1. The highest BCUT2D eigenvalue weighted by Crippen LogP contribution is 2.39. The number of amides is 1. The van der Waals surface area contributed by atoms with Crippen molar-refractivity contribution in [1.82, 2.24) is 20.3 Å². The first kappa shape index (κ1) is 25.2. The predicted octanol–water partition coefficient (Wildman–Crippen LogP) is 4.29. The fourth-order valence-electron chi connectivity index (χ4n) is 4.61. The molecular formula is C25H31ClFN5O3. The number of carbonyl (C=O) groups is 1. The minimum atomic E-state index is -0.503. The first-order valence-electron chi connectivity index (χ1n) is 11.8. The molecule has 1 aromatic carbocycles.